The summed E-state index contributed by atoms with van der Waals surface area (Å²) in [5, 5.41) is 12.3. The summed E-state index contributed by atoms with van der Waals surface area (Å²) in [5.74, 6) is 2.03. The predicted molar refractivity (Wildman–Crippen MR) is 106 cm³/mol. The molecule has 0 saturated heterocycles. The van der Waals surface area contributed by atoms with Crippen molar-refractivity contribution in [3.63, 3.8) is 0 Å². The summed E-state index contributed by atoms with van der Waals surface area (Å²) in [6.07, 6.45) is 4.36. The number of fused-ring (bicyclic) bond motifs is 3. The number of aromatic nitrogens is 1. The lowest BCUT2D eigenvalue weighted by molar-refractivity contribution is 0.256. The first-order valence-electron chi connectivity index (χ1n) is 8.85. The number of hydrogen-bond acceptors (Lipinski definition) is 2. The Hall–Kier alpha value is -2.55. The first-order chi connectivity index (χ1) is 11.9. The summed E-state index contributed by atoms with van der Waals surface area (Å²) < 4.78 is 2.17. The molecule has 0 radical (unpaired) electrons. The van der Waals surface area contributed by atoms with E-state index in [9.17, 15) is 5.11 Å². The van der Waals surface area contributed by atoms with E-state index in [1.54, 1.807) is 6.07 Å². The van der Waals surface area contributed by atoms with Gasteiger partial charge in [0.1, 0.15) is 11.6 Å². The normalized spacial score (nSPS) is 21.0. The molecule has 1 aliphatic heterocycles. The Bertz CT molecular complexity index is 1020. The van der Waals surface area contributed by atoms with E-state index in [1.165, 1.54) is 5.39 Å². The number of allylic oxidation sites excluding steroid dienone is 1. The van der Waals surface area contributed by atoms with Gasteiger partial charge in [-0.1, -0.05) is 45.9 Å². The minimum atomic E-state index is 0.165. The third-order valence-corrected chi connectivity index (χ3v) is 5.22. The molecule has 3 aromatic rings. The average Bonchev–Trinajstić information content (AvgIpc) is 2.88. The molecule has 0 aliphatic carbocycles. The number of nitrogens with zero attached hydrogens (tertiary/aromatic N) is 2. The van der Waals surface area contributed by atoms with E-state index < -0.39 is 0 Å². The molecule has 1 N–H and O–H groups in total. The van der Waals surface area contributed by atoms with Gasteiger partial charge in [-0.25, -0.2) is 4.99 Å². The highest BCUT2D eigenvalue weighted by molar-refractivity contribution is 6.10. The van der Waals surface area contributed by atoms with Crippen LogP contribution in [-0.4, -0.2) is 15.9 Å². The standard InChI is InChI=1S/C22H24N2O/c1-14-13-23-21(12-18(14)22(2,3)4)24-19-8-6-5-7-16(19)17-10-9-15(25)11-20(17)24/h5-14,18,25H,1-4H3. The maximum atomic E-state index is 10.0. The zero-order valence-corrected chi connectivity index (χ0v) is 15.2. The fraction of sp³-hybridized carbons (Fsp3) is 0.318. The van der Waals surface area contributed by atoms with E-state index in [-0.39, 0.29) is 11.2 Å². The van der Waals surface area contributed by atoms with Crippen molar-refractivity contribution in [2.75, 3.05) is 0 Å². The van der Waals surface area contributed by atoms with Crippen LogP contribution in [0.2, 0.25) is 0 Å². The predicted octanol–water partition coefficient (Wildman–Crippen LogP) is 5.68. The number of para-hydroxylation sites is 1. The molecule has 2 aromatic carbocycles. The molecule has 0 bridgehead atoms. The molecule has 2 atom stereocenters. The Morgan fingerprint density at radius 2 is 1.72 bits per heavy atom. The largest absolute Gasteiger partial charge is 0.508 e. The van der Waals surface area contributed by atoms with Gasteiger partial charge in [0.05, 0.1) is 11.0 Å². The van der Waals surface area contributed by atoms with Crippen LogP contribution in [0.4, 0.5) is 0 Å². The van der Waals surface area contributed by atoms with Crippen molar-refractivity contribution < 1.29 is 5.11 Å². The molecule has 0 spiro atoms. The number of phenols is 1. The average molecular weight is 332 g/mol. The molecule has 2 unspecified atom stereocenters. The van der Waals surface area contributed by atoms with Crippen LogP contribution >= 0.6 is 0 Å². The van der Waals surface area contributed by atoms with Gasteiger partial charge in [0.2, 0.25) is 0 Å². The van der Waals surface area contributed by atoms with Crippen molar-refractivity contribution in [1.29, 1.82) is 0 Å². The number of aliphatic imine (C=N–C) groups is 1. The van der Waals surface area contributed by atoms with Crippen LogP contribution in [0.1, 0.15) is 27.7 Å². The summed E-state index contributed by atoms with van der Waals surface area (Å²) in [7, 11) is 0. The van der Waals surface area contributed by atoms with E-state index in [0.717, 1.165) is 22.2 Å². The smallest absolute Gasteiger partial charge is 0.133 e. The van der Waals surface area contributed by atoms with Gasteiger partial charge in [-0.2, -0.15) is 0 Å². The second-order valence-corrected chi connectivity index (χ2v) is 8.11. The molecule has 1 aliphatic rings. The Kier molecular flexibility index (Phi) is 3.50. The second kappa shape index (κ2) is 5.48. The third kappa shape index (κ3) is 2.55. The van der Waals surface area contributed by atoms with Crippen LogP contribution in [-0.2, 0) is 0 Å². The monoisotopic (exact) mass is 332 g/mol. The summed E-state index contributed by atoms with van der Waals surface area (Å²) >= 11 is 0. The fourth-order valence-electron chi connectivity index (χ4n) is 4.02. The molecule has 4 rings (SSSR count). The van der Waals surface area contributed by atoms with Gasteiger partial charge in [0.15, 0.2) is 0 Å². The third-order valence-electron chi connectivity index (χ3n) is 5.22. The Labute approximate surface area is 148 Å². The van der Waals surface area contributed by atoms with Crippen LogP contribution in [0.25, 0.3) is 27.6 Å². The van der Waals surface area contributed by atoms with Crippen LogP contribution in [0, 0.1) is 17.3 Å². The highest BCUT2D eigenvalue weighted by Crippen LogP contribution is 2.39. The Morgan fingerprint density at radius 1 is 1.00 bits per heavy atom. The summed E-state index contributed by atoms with van der Waals surface area (Å²) in [5.41, 5.74) is 2.28. The van der Waals surface area contributed by atoms with Crippen molar-refractivity contribution in [2.24, 2.45) is 22.2 Å². The number of phenolic OH excluding ortho intramolecular Hbond substituents is 1. The van der Waals surface area contributed by atoms with Crippen molar-refractivity contribution in [1.82, 2.24) is 4.57 Å². The van der Waals surface area contributed by atoms with Gasteiger partial charge in [0.25, 0.3) is 0 Å². The van der Waals surface area contributed by atoms with Crippen molar-refractivity contribution in [2.45, 2.75) is 27.7 Å². The van der Waals surface area contributed by atoms with Crippen molar-refractivity contribution in [3.8, 4) is 5.75 Å². The summed E-state index contributed by atoms with van der Waals surface area (Å²) in [6, 6.07) is 13.9. The van der Waals surface area contributed by atoms with Gasteiger partial charge in [-0.15, -0.1) is 0 Å². The first-order valence-corrected chi connectivity index (χ1v) is 8.85. The molecular weight excluding hydrogens is 308 g/mol. The minimum Gasteiger partial charge on any atom is -0.508 e. The van der Waals surface area contributed by atoms with Crippen molar-refractivity contribution in [3.05, 3.63) is 48.5 Å². The zero-order valence-electron chi connectivity index (χ0n) is 15.2. The van der Waals surface area contributed by atoms with Crippen LogP contribution in [0.5, 0.6) is 5.75 Å². The lowest BCUT2D eigenvalue weighted by atomic mass is 9.73. The maximum Gasteiger partial charge on any atom is 0.133 e. The molecule has 25 heavy (non-hydrogen) atoms. The number of benzene rings is 2. The summed E-state index contributed by atoms with van der Waals surface area (Å²) in [4.78, 5) is 4.76. The molecule has 3 heteroatoms. The SMILES string of the molecule is CC1C=NC(n2c3ccccc3c3ccc(O)cc32)=CC1C(C)(C)C. The van der Waals surface area contributed by atoms with E-state index in [0.29, 0.717) is 11.8 Å². The van der Waals surface area contributed by atoms with Crippen LogP contribution in [0.3, 0.4) is 0 Å². The lowest BCUT2D eigenvalue weighted by Crippen LogP contribution is -2.28. The second-order valence-electron chi connectivity index (χ2n) is 8.11. The molecule has 0 fully saturated rings. The van der Waals surface area contributed by atoms with E-state index in [1.807, 2.05) is 12.1 Å². The molecule has 3 nitrogen and oxygen atoms in total. The molecule has 128 valence electrons. The van der Waals surface area contributed by atoms with Crippen molar-refractivity contribution >= 4 is 33.8 Å². The minimum absolute atomic E-state index is 0.165. The van der Waals surface area contributed by atoms with Gasteiger partial charge in [-0.3, -0.25) is 4.57 Å². The number of rotatable bonds is 1. The molecule has 0 amide bonds. The number of aromatic hydroxyl groups is 1. The quantitative estimate of drug-likeness (QED) is 0.611. The van der Waals surface area contributed by atoms with Gasteiger partial charge < -0.3 is 5.11 Å². The Morgan fingerprint density at radius 3 is 2.48 bits per heavy atom. The topological polar surface area (TPSA) is 37.5 Å². The van der Waals surface area contributed by atoms with E-state index >= 15 is 0 Å². The van der Waals surface area contributed by atoms with Gasteiger partial charge >= 0.3 is 0 Å². The molecule has 0 saturated carbocycles. The molecular formula is C22H24N2O. The lowest BCUT2D eigenvalue weighted by Gasteiger charge is -2.34. The van der Waals surface area contributed by atoms with E-state index in [2.05, 4.69) is 68.8 Å². The van der Waals surface area contributed by atoms with Gasteiger partial charge in [0, 0.05) is 23.1 Å². The van der Waals surface area contributed by atoms with Crippen LogP contribution in [0.15, 0.2) is 53.5 Å². The van der Waals surface area contributed by atoms with E-state index in [4.69, 9.17) is 4.99 Å². The first kappa shape index (κ1) is 15.9. The molecule has 1 aromatic heterocycles. The van der Waals surface area contributed by atoms with Crippen LogP contribution < -0.4 is 0 Å². The summed E-state index contributed by atoms with van der Waals surface area (Å²) in [6.45, 7) is 9.06. The number of hydrogen-bond donors (Lipinski definition) is 1. The Balaban J connectivity index is 2.02. The molecule has 2 heterocycles. The highest BCUT2D eigenvalue weighted by atomic mass is 16.3. The maximum absolute atomic E-state index is 10.0. The van der Waals surface area contributed by atoms with Gasteiger partial charge in [-0.05, 0) is 41.5 Å². The fourth-order valence-corrected chi connectivity index (χ4v) is 4.02. The zero-order chi connectivity index (χ0) is 17.8. The highest BCUT2D eigenvalue weighted by Gasteiger charge is 2.30.